The summed E-state index contributed by atoms with van der Waals surface area (Å²) in [5.41, 5.74) is 7.94. The van der Waals surface area contributed by atoms with Gasteiger partial charge in [-0.15, -0.1) is 0 Å². The van der Waals surface area contributed by atoms with Crippen molar-refractivity contribution in [3.8, 4) is 0 Å². The number of hydrogen-bond acceptors (Lipinski definition) is 14. The molecule has 9 rings (SSSR count). The van der Waals surface area contributed by atoms with Crippen LogP contribution in [0.2, 0.25) is 0 Å². The first-order valence-corrected chi connectivity index (χ1v) is 33.8. The van der Waals surface area contributed by atoms with E-state index < -0.39 is 96.1 Å². The van der Waals surface area contributed by atoms with E-state index in [1.165, 1.54) is 73.0 Å². The Morgan fingerprint density at radius 2 is 0.707 bits per heavy atom. The first-order chi connectivity index (χ1) is 43.6. The third-order valence-electron chi connectivity index (χ3n) is 18.6. The van der Waals surface area contributed by atoms with Gasteiger partial charge in [0.2, 0.25) is 0 Å². The van der Waals surface area contributed by atoms with Crippen molar-refractivity contribution in [3.05, 3.63) is 106 Å². The topological polar surface area (TPSA) is 222 Å². The molecule has 0 radical (unpaired) electrons. The van der Waals surface area contributed by atoms with Crippen LogP contribution in [-0.2, 0) is 83.2 Å². The van der Waals surface area contributed by atoms with Crippen molar-refractivity contribution in [3.63, 3.8) is 0 Å². The summed E-state index contributed by atoms with van der Waals surface area (Å²) in [4.78, 5) is 124. The summed E-state index contributed by atoms with van der Waals surface area (Å²) in [7, 11) is 5.69. The van der Waals surface area contributed by atoms with Gasteiger partial charge in [-0.1, -0.05) is 104 Å². The average Bonchev–Trinajstić information content (AvgIpc) is 1.61. The maximum atomic E-state index is 15.3. The van der Waals surface area contributed by atoms with E-state index in [1.54, 1.807) is 0 Å². The van der Waals surface area contributed by atoms with E-state index in [4.69, 9.17) is 29.1 Å². The summed E-state index contributed by atoms with van der Waals surface area (Å²) in [5, 5.41) is 10.0. The van der Waals surface area contributed by atoms with Crippen molar-refractivity contribution < 1.29 is 57.3 Å². The lowest BCUT2D eigenvalue weighted by Gasteiger charge is -2.35. The van der Waals surface area contributed by atoms with Crippen LogP contribution in [0.3, 0.4) is 0 Å². The number of carbonyl (C=O) groups is 8. The Morgan fingerprint density at radius 1 is 0.391 bits per heavy atom. The fraction of sp³-hybridized carbons (Fsp3) is 0.639. The van der Waals surface area contributed by atoms with E-state index in [0.717, 1.165) is 73.9 Å². The Bertz CT molecular complexity index is 3280. The van der Waals surface area contributed by atoms with E-state index in [0.29, 0.717) is 47.9 Å². The summed E-state index contributed by atoms with van der Waals surface area (Å²) in [6.07, 6.45) is 3.17. The summed E-state index contributed by atoms with van der Waals surface area (Å²) >= 11 is 0. The molecule has 0 bridgehead atoms. The van der Waals surface area contributed by atoms with Gasteiger partial charge in [0.05, 0.1) is 24.5 Å². The maximum Gasteiger partial charge on any atom is 0.329 e. The third-order valence-corrected chi connectivity index (χ3v) is 18.6. The molecule has 8 atom stereocenters. The molecule has 2 aromatic carbocycles. The van der Waals surface area contributed by atoms with E-state index in [-0.39, 0.29) is 62.2 Å². The van der Waals surface area contributed by atoms with E-state index in [2.05, 4.69) is 21.5 Å². The Morgan fingerprint density at radius 3 is 1.07 bits per heavy atom. The number of carbonyl (C=O) groups excluding carboxylic acids is 8. The van der Waals surface area contributed by atoms with E-state index in [1.807, 2.05) is 104 Å². The van der Waals surface area contributed by atoms with Gasteiger partial charge < -0.3 is 38.5 Å². The molecule has 5 fully saturated rings. The van der Waals surface area contributed by atoms with Gasteiger partial charge >= 0.3 is 23.9 Å². The van der Waals surface area contributed by atoms with Gasteiger partial charge in [-0.25, -0.2) is 19.2 Å². The zero-order valence-electron chi connectivity index (χ0n) is 56.8. The second-order valence-electron chi connectivity index (χ2n) is 28.8. The Labute approximate surface area is 543 Å². The standard InChI is InChI=1S/C72H100N8O12/c1-41(2)30-59-69(85)89-46(10)66(82)76(12)62(33-44(7)8)72(88)92-64(36-49-16-15-17-50(34-49)40-80-58(54-28-29-54)38-56(74-80)52-24-25-52)68(84)78(14)60(31-42(3)4)70(86)90-45(9)65(81)75(11)61(32-43(5)6)71(87)91-63(67(83)77(59)13)35-47-18-20-48(21-19-47)39-79-57(53-26-27-53)37-55(73-79)51-22-23-51/h15-21,34,37-38,41-46,51-54,59-64H,22-33,35-36,39-40H2,1-14H3/t45-,46-,59+,60+,61+,62+,63-,64-/m1/s1. The summed E-state index contributed by atoms with van der Waals surface area (Å²) in [6, 6.07) is 14.7. The van der Waals surface area contributed by atoms with Crippen molar-refractivity contribution in [2.45, 2.75) is 244 Å². The summed E-state index contributed by atoms with van der Waals surface area (Å²) in [6.45, 7) is 18.8. The van der Waals surface area contributed by atoms with Gasteiger partial charge in [-0.05, 0) is 149 Å². The number of hydrogen-bond donors (Lipinski definition) is 0. The molecule has 5 aliphatic rings. The number of rotatable bonds is 20. The number of nitrogens with zero attached hydrogens (tertiary/aromatic N) is 8. The van der Waals surface area contributed by atoms with Gasteiger partial charge in [0, 0.05) is 76.1 Å². The molecule has 4 amide bonds. The number of amides is 4. The molecule has 1 saturated heterocycles. The first-order valence-electron chi connectivity index (χ1n) is 33.8. The molecule has 4 aliphatic carbocycles. The average molecular weight is 1270 g/mol. The monoisotopic (exact) mass is 1270 g/mol. The second-order valence-corrected chi connectivity index (χ2v) is 28.8. The Hall–Kier alpha value is -7.38. The van der Waals surface area contributed by atoms with Crippen molar-refractivity contribution in [2.75, 3.05) is 28.2 Å². The number of benzene rings is 2. The van der Waals surface area contributed by atoms with Crippen molar-refractivity contribution in [2.24, 2.45) is 23.7 Å². The Kier molecular flexibility index (Phi) is 22.3. The molecule has 4 aromatic rings. The fourth-order valence-electron chi connectivity index (χ4n) is 12.6. The molecule has 3 heterocycles. The molecule has 500 valence electrons. The van der Waals surface area contributed by atoms with Crippen molar-refractivity contribution >= 4 is 47.5 Å². The lowest BCUT2D eigenvalue weighted by Crippen LogP contribution is -2.55. The van der Waals surface area contributed by atoms with Crippen LogP contribution in [0.1, 0.15) is 215 Å². The van der Waals surface area contributed by atoms with Gasteiger partial charge in [0.25, 0.3) is 23.6 Å². The van der Waals surface area contributed by atoms with Crippen LogP contribution in [0.4, 0.5) is 0 Å². The third kappa shape index (κ3) is 17.6. The smallest absolute Gasteiger partial charge is 0.329 e. The molecule has 20 nitrogen and oxygen atoms in total. The van der Waals surface area contributed by atoms with Gasteiger partial charge in [0.15, 0.2) is 24.4 Å². The minimum Gasteiger partial charge on any atom is -0.451 e. The summed E-state index contributed by atoms with van der Waals surface area (Å²) < 4.78 is 28.9. The highest BCUT2D eigenvalue weighted by atomic mass is 16.6. The second kappa shape index (κ2) is 29.7. The van der Waals surface area contributed by atoms with Crippen molar-refractivity contribution in [1.82, 2.24) is 39.2 Å². The van der Waals surface area contributed by atoms with Crippen LogP contribution in [0.5, 0.6) is 0 Å². The largest absolute Gasteiger partial charge is 0.451 e. The molecular formula is C72H100N8O12. The van der Waals surface area contributed by atoms with Crippen LogP contribution in [0.15, 0.2) is 60.7 Å². The predicted molar refractivity (Wildman–Crippen MR) is 346 cm³/mol. The molecular weight excluding hydrogens is 1170 g/mol. The highest BCUT2D eigenvalue weighted by Crippen LogP contribution is 2.46. The first kappa shape index (κ1) is 69.0. The molecule has 0 unspecified atom stereocenters. The fourth-order valence-corrected chi connectivity index (χ4v) is 12.6. The highest BCUT2D eigenvalue weighted by Gasteiger charge is 2.44. The molecule has 4 saturated carbocycles. The SMILES string of the molecule is CC(C)C[C@H]1C(=O)O[C@H](Cc2cccc(Cn3nc(C4CC4)cc3C3CC3)c2)C(=O)N(C)[C@@H](CC(C)C)C(=O)O[C@H](C)C(=O)N(C)[C@@H](CC(C)C)C(=O)O[C@H](Cc2ccc(Cn3nc(C4CC4)cc3C3CC3)cc2)C(=O)N(C)[C@@H](CC(C)C)C(=O)O[C@H](C)C(=O)N1C. The number of aromatic nitrogens is 4. The highest BCUT2D eigenvalue weighted by molar-refractivity contribution is 5.94. The van der Waals surface area contributed by atoms with Crippen LogP contribution in [0, 0.1) is 23.7 Å². The lowest BCUT2D eigenvalue weighted by atomic mass is 9.99. The molecule has 20 heteroatoms. The maximum absolute atomic E-state index is 15.3. The normalized spacial score (nSPS) is 25.1. The molecule has 2 aromatic heterocycles. The number of likely N-dealkylation sites (N-methyl/N-ethyl adjacent to an activating group) is 4. The summed E-state index contributed by atoms with van der Waals surface area (Å²) in [5.74, 6) is -5.31. The quantitative estimate of drug-likeness (QED) is 0.0594. The molecule has 0 N–H and O–H groups in total. The zero-order chi connectivity index (χ0) is 66.6. The number of ether oxygens (including phenoxy) is 4. The van der Waals surface area contributed by atoms with Gasteiger partial charge in [-0.3, -0.25) is 28.5 Å². The van der Waals surface area contributed by atoms with Crippen LogP contribution >= 0.6 is 0 Å². The predicted octanol–water partition coefficient (Wildman–Crippen LogP) is 9.66. The molecule has 1 aliphatic heterocycles. The van der Waals surface area contributed by atoms with Crippen LogP contribution in [-0.4, -0.2) is 163 Å². The van der Waals surface area contributed by atoms with Crippen LogP contribution in [0.25, 0.3) is 0 Å². The van der Waals surface area contributed by atoms with Gasteiger partial charge in [-0.2, -0.15) is 10.2 Å². The molecule has 0 spiro atoms. The minimum absolute atomic E-state index is 0.0909. The van der Waals surface area contributed by atoms with E-state index in [9.17, 15) is 24.0 Å². The number of cyclic esters (lactones) is 4. The lowest BCUT2D eigenvalue weighted by molar-refractivity contribution is -0.176. The van der Waals surface area contributed by atoms with E-state index >= 15 is 14.4 Å². The van der Waals surface area contributed by atoms with Gasteiger partial charge in [0.1, 0.15) is 24.2 Å². The zero-order valence-corrected chi connectivity index (χ0v) is 56.8. The Balaban J connectivity index is 1.04. The van der Waals surface area contributed by atoms with Crippen molar-refractivity contribution in [1.29, 1.82) is 0 Å². The molecule has 92 heavy (non-hydrogen) atoms. The van der Waals surface area contributed by atoms with Crippen LogP contribution < -0.4 is 0 Å². The number of esters is 4. The minimum atomic E-state index is -1.54.